The highest BCUT2D eigenvalue weighted by Crippen LogP contribution is 2.27. The number of hydrogen-bond acceptors (Lipinski definition) is 3. The third-order valence-electron chi connectivity index (χ3n) is 4.64. The summed E-state index contributed by atoms with van der Waals surface area (Å²) in [5.74, 6) is 0.949. The van der Waals surface area contributed by atoms with E-state index in [1.165, 1.54) is 32.9 Å². The second-order valence-corrected chi connectivity index (χ2v) is 8.06. The molecule has 0 saturated heterocycles. The van der Waals surface area contributed by atoms with Gasteiger partial charge in [0.05, 0.1) is 0 Å². The number of hydrogen-bond donors (Lipinski definition) is 1. The Bertz CT molecular complexity index is 896. The van der Waals surface area contributed by atoms with E-state index in [9.17, 15) is 0 Å². The van der Waals surface area contributed by atoms with Crippen LogP contribution in [0.5, 0.6) is 5.75 Å². The van der Waals surface area contributed by atoms with Gasteiger partial charge >= 0.3 is 0 Å². The summed E-state index contributed by atoms with van der Waals surface area (Å²) >= 11 is 0. The molecule has 0 aromatic heterocycles. The molecule has 28 heavy (non-hydrogen) atoms. The average Bonchev–Trinajstić information content (AvgIpc) is 2.71. The number of ether oxygens (including phenoxy) is 2. The summed E-state index contributed by atoms with van der Waals surface area (Å²) in [4.78, 5) is 0. The summed E-state index contributed by atoms with van der Waals surface area (Å²) in [5.41, 5.74) is 5.12. The van der Waals surface area contributed by atoms with E-state index in [-0.39, 0.29) is 6.79 Å². The third kappa shape index (κ3) is 5.20. The molecule has 146 valence electrons. The van der Waals surface area contributed by atoms with Crippen molar-refractivity contribution in [2.75, 3.05) is 21.0 Å². The van der Waals surface area contributed by atoms with Crippen molar-refractivity contribution in [3.05, 3.63) is 89.0 Å². The fourth-order valence-corrected chi connectivity index (χ4v) is 4.71. The van der Waals surface area contributed by atoms with Gasteiger partial charge in [-0.25, -0.2) is 0 Å². The SMILES string of the molecule is CNCc1cccc(C)c1Pc1cccc(Cc2ccccc2)c1OCOC. The van der Waals surface area contributed by atoms with E-state index in [0.717, 1.165) is 18.7 Å². The topological polar surface area (TPSA) is 30.5 Å². The molecular formula is C24H28NO2P. The Labute approximate surface area is 169 Å². The van der Waals surface area contributed by atoms with Crippen LogP contribution in [0.3, 0.4) is 0 Å². The van der Waals surface area contributed by atoms with E-state index in [1.807, 2.05) is 13.1 Å². The second-order valence-electron chi connectivity index (χ2n) is 6.77. The fraction of sp³-hybridized carbons (Fsp3) is 0.250. The maximum atomic E-state index is 6.07. The molecule has 0 spiro atoms. The van der Waals surface area contributed by atoms with E-state index in [2.05, 4.69) is 72.9 Å². The number of aryl methyl sites for hydroxylation is 1. The first-order valence-electron chi connectivity index (χ1n) is 9.50. The number of benzene rings is 3. The van der Waals surface area contributed by atoms with E-state index in [4.69, 9.17) is 9.47 Å². The Balaban J connectivity index is 1.98. The van der Waals surface area contributed by atoms with Crippen molar-refractivity contribution < 1.29 is 9.47 Å². The van der Waals surface area contributed by atoms with Gasteiger partial charge in [0, 0.05) is 25.4 Å². The molecule has 0 aliphatic carbocycles. The van der Waals surface area contributed by atoms with Crippen LogP contribution < -0.4 is 20.7 Å². The molecule has 0 aliphatic heterocycles. The first-order valence-corrected chi connectivity index (χ1v) is 10.5. The van der Waals surface area contributed by atoms with Gasteiger partial charge in [-0.15, -0.1) is 0 Å². The van der Waals surface area contributed by atoms with Crippen molar-refractivity contribution >= 4 is 19.2 Å². The number of nitrogens with one attached hydrogen (secondary N) is 1. The molecule has 3 aromatic rings. The normalized spacial score (nSPS) is 11.2. The molecule has 0 aliphatic rings. The van der Waals surface area contributed by atoms with Crippen LogP contribution in [-0.4, -0.2) is 21.0 Å². The Morgan fingerprint density at radius 3 is 2.39 bits per heavy atom. The van der Waals surface area contributed by atoms with Gasteiger partial charge in [0.25, 0.3) is 0 Å². The lowest BCUT2D eigenvalue weighted by Gasteiger charge is -2.18. The summed E-state index contributed by atoms with van der Waals surface area (Å²) < 4.78 is 11.3. The van der Waals surface area contributed by atoms with Crippen molar-refractivity contribution in [1.82, 2.24) is 5.32 Å². The van der Waals surface area contributed by atoms with Crippen molar-refractivity contribution in [2.24, 2.45) is 0 Å². The average molecular weight is 393 g/mol. The largest absolute Gasteiger partial charge is 0.467 e. The summed E-state index contributed by atoms with van der Waals surface area (Å²) in [5, 5.41) is 5.89. The van der Waals surface area contributed by atoms with Gasteiger partial charge in [-0.3, -0.25) is 0 Å². The lowest BCUT2D eigenvalue weighted by Crippen LogP contribution is -2.19. The quantitative estimate of drug-likeness (QED) is 0.442. The van der Waals surface area contributed by atoms with E-state index in [1.54, 1.807) is 7.11 Å². The molecule has 0 amide bonds. The minimum absolute atomic E-state index is 0.250. The van der Waals surface area contributed by atoms with Gasteiger partial charge in [-0.05, 0) is 41.5 Å². The zero-order chi connectivity index (χ0) is 19.8. The zero-order valence-corrected chi connectivity index (χ0v) is 17.8. The maximum absolute atomic E-state index is 6.07. The number of rotatable bonds is 9. The molecule has 3 rings (SSSR count). The third-order valence-corrected chi connectivity index (χ3v) is 6.27. The van der Waals surface area contributed by atoms with Crippen LogP contribution in [0.2, 0.25) is 0 Å². The Kier molecular flexibility index (Phi) is 7.62. The smallest absolute Gasteiger partial charge is 0.188 e. The minimum atomic E-state index is 0.250. The molecule has 0 bridgehead atoms. The van der Waals surface area contributed by atoms with Gasteiger partial charge in [0.1, 0.15) is 5.75 Å². The van der Waals surface area contributed by atoms with Gasteiger partial charge < -0.3 is 14.8 Å². The van der Waals surface area contributed by atoms with Crippen molar-refractivity contribution in [1.29, 1.82) is 0 Å². The first kappa shape index (κ1) is 20.5. The summed E-state index contributed by atoms with van der Waals surface area (Å²) in [6, 6.07) is 23.5. The highest BCUT2D eigenvalue weighted by Gasteiger charge is 2.14. The van der Waals surface area contributed by atoms with Crippen LogP contribution in [0.1, 0.15) is 22.3 Å². The molecular weight excluding hydrogens is 365 g/mol. The Hall–Kier alpha value is -2.19. The molecule has 0 radical (unpaired) electrons. The van der Waals surface area contributed by atoms with Crippen molar-refractivity contribution in [3.8, 4) is 5.75 Å². The molecule has 0 heterocycles. The Morgan fingerprint density at radius 1 is 0.893 bits per heavy atom. The predicted octanol–water partition coefficient (Wildman–Crippen LogP) is 3.92. The van der Waals surface area contributed by atoms with Gasteiger partial charge in [-0.2, -0.15) is 0 Å². The van der Waals surface area contributed by atoms with E-state index < -0.39 is 0 Å². The van der Waals surface area contributed by atoms with Gasteiger partial charge in [0.2, 0.25) is 0 Å². The van der Waals surface area contributed by atoms with Crippen LogP contribution in [-0.2, 0) is 17.7 Å². The molecule has 3 nitrogen and oxygen atoms in total. The molecule has 4 heteroatoms. The number of para-hydroxylation sites is 1. The highest BCUT2D eigenvalue weighted by atomic mass is 31.1. The fourth-order valence-electron chi connectivity index (χ4n) is 3.31. The maximum Gasteiger partial charge on any atom is 0.188 e. The molecule has 0 fully saturated rings. The van der Waals surface area contributed by atoms with E-state index >= 15 is 0 Å². The lowest BCUT2D eigenvalue weighted by molar-refractivity contribution is 0.0513. The van der Waals surface area contributed by atoms with Crippen LogP contribution in [0.25, 0.3) is 0 Å². The molecule has 1 N–H and O–H groups in total. The lowest BCUT2D eigenvalue weighted by atomic mass is 10.0. The number of methoxy groups -OCH3 is 1. The Morgan fingerprint density at radius 2 is 1.64 bits per heavy atom. The minimum Gasteiger partial charge on any atom is -0.467 e. The molecule has 1 atom stereocenters. The first-order chi connectivity index (χ1) is 13.7. The molecule has 1 unspecified atom stereocenters. The zero-order valence-electron chi connectivity index (χ0n) is 16.8. The molecule has 0 saturated carbocycles. The molecule has 3 aromatic carbocycles. The van der Waals surface area contributed by atoms with Crippen molar-refractivity contribution in [2.45, 2.75) is 19.9 Å². The van der Waals surface area contributed by atoms with Crippen LogP contribution >= 0.6 is 8.58 Å². The second kappa shape index (κ2) is 10.4. The van der Waals surface area contributed by atoms with Gasteiger partial charge in [-0.1, -0.05) is 75.3 Å². The van der Waals surface area contributed by atoms with Gasteiger partial charge in [0.15, 0.2) is 6.79 Å². The highest BCUT2D eigenvalue weighted by molar-refractivity contribution is 7.56. The standard InChI is InChI=1S/C24H28NO2P/c1-18-9-7-13-21(16-25-2)24(18)28-22-14-8-12-20(23(22)27-17-26-3)15-19-10-5-4-6-11-19/h4-14,25,28H,15-17H2,1-3H3. The summed E-state index contributed by atoms with van der Waals surface area (Å²) in [7, 11) is 4.18. The van der Waals surface area contributed by atoms with Crippen LogP contribution in [0, 0.1) is 6.92 Å². The van der Waals surface area contributed by atoms with Crippen molar-refractivity contribution in [3.63, 3.8) is 0 Å². The predicted molar refractivity (Wildman–Crippen MR) is 120 cm³/mol. The van der Waals surface area contributed by atoms with E-state index in [0.29, 0.717) is 8.58 Å². The van der Waals surface area contributed by atoms with Crippen LogP contribution in [0.4, 0.5) is 0 Å². The summed E-state index contributed by atoms with van der Waals surface area (Å²) in [6.45, 7) is 3.30. The summed E-state index contributed by atoms with van der Waals surface area (Å²) in [6.07, 6.45) is 0.843. The van der Waals surface area contributed by atoms with Crippen LogP contribution in [0.15, 0.2) is 66.7 Å². The monoisotopic (exact) mass is 393 g/mol.